The first-order chi connectivity index (χ1) is 8.63. The zero-order valence-electron chi connectivity index (χ0n) is 11.5. The minimum Gasteiger partial charge on any atom is -0.469 e. The molecular formula is C14H25NO3. The first kappa shape index (κ1) is 15.0. The van der Waals surface area contributed by atoms with Gasteiger partial charge in [-0.05, 0) is 25.7 Å². The second-order valence-electron chi connectivity index (χ2n) is 5.22. The molecule has 0 spiro atoms. The number of hydrogen-bond donors (Lipinski definition) is 1. The van der Waals surface area contributed by atoms with Crippen LogP contribution >= 0.6 is 0 Å². The van der Waals surface area contributed by atoms with Crippen molar-refractivity contribution in [2.75, 3.05) is 7.11 Å². The second kappa shape index (κ2) is 8.11. The molecule has 1 saturated heterocycles. The van der Waals surface area contributed by atoms with E-state index in [0.29, 0.717) is 12.5 Å². The van der Waals surface area contributed by atoms with Gasteiger partial charge in [0.25, 0.3) is 0 Å². The summed E-state index contributed by atoms with van der Waals surface area (Å²) in [5.41, 5.74) is 0. The number of hydrogen-bond acceptors (Lipinski definition) is 3. The molecule has 2 atom stereocenters. The Morgan fingerprint density at radius 2 is 2.22 bits per heavy atom. The number of methoxy groups -OCH3 is 1. The van der Waals surface area contributed by atoms with Crippen molar-refractivity contribution in [3.05, 3.63) is 0 Å². The largest absolute Gasteiger partial charge is 0.469 e. The van der Waals surface area contributed by atoms with E-state index in [9.17, 15) is 9.59 Å². The molecule has 1 N–H and O–H groups in total. The first-order valence-electron chi connectivity index (χ1n) is 7.00. The SMILES string of the molecule is COC(=O)[C@H](C)CCCC[C@@H]1CCCCC(=O)N1. The van der Waals surface area contributed by atoms with Crippen LogP contribution in [-0.2, 0) is 14.3 Å². The summed E-state index contributed by atoms with van der Waals surface area (Å²) in [6.07, 6.45) is 7.90. The smallest absolute Gasteiger partial charge is 0.308 e. The van der Waals surface area contributed by atoms with Crippen LogP contribution in [0.25, 0.3) is 0 Å². The standard InChI is InChI=1S/C14H25NO3/c1-11(14(17)18-2)7-3-4-8-12-9-5-6-10-13(16)15-12/h11-12H,3-10H2,1-2H3,(H,15,16)/t11-,12-/m1/s1. The van der Waals surface area contributed by atoms with E-state index in [4.69, 9.17) is 4.74 Å². The first-order valence-corrected chi connectivity index (χ1v) is 7.00. The summed E-state index contributed by atoms with van der Waals surface area (Å²) in [5, 5.41) is 3.07. The molecule has 0 radical (unpaired) electrons. The van der Waals surface area contributed by atoms with Crippen molar-refractivity contribution in [3.63, 3.8) is 0 Å². The van der Waals surface area contributed by atoms with Gasteiger partial charge in [-0.25, -0.2) is 0 Å². The van der Waals surface area contributed by atoms with Crippen LogP contribution in [0, 0.1) is 5.92 Å². The maximum atomic E-state index is 11.4. The third-order valence-corrected chi connectivity index (χ3v) is 3.61. The van der Waals surface area contributed by atoms with Crippen molar-refractivity contribution in [2.24, 2.45) is 5.92 Å². The van der Waals surface area contributed by atoms with Gasteiger partial charge < -0.3 is 10.1 Å². The van der Waals surface area contributed by atoms with Gasteiger partial charge in [-0.3, -0.25) is 9.59 Å². The minimum atomic E-state index is -0.127. The summed E-state index contributed by atoms with van der Waals surface area (Å²) < 4.78 is 4.69. The number of rotatable bonds is 6. The summed E-state index contributed by atoms with van der Waals surface area (Å²) in [6.45, 7) is 1.90. The molecule has 1 aliphatic heterocycles. The Labute approximate surface area is 109 Å². The number of esters is 1. The normalized spacial score (nSPS) is 21.9. The molecule has 0 aromatic rings. The topological polar surface area (TPSA) is 55.4 Å². The van der Waals surface area contributed by atoms with E-state index >= 15 is 0 Å². The van der Waals surface area contributed by atoms with Crippen molar-refractivity contribution >= 4 is 11.9 Å². The van der Waals surface area contributed by atoms with Gasteiger partial charge in [0.15, 0.2) is 0 Å². The van der Waals surface area contributed by atoms with Crippen LogP contribution in [0.3, 0.4) is 0 Å². The molecule has 0 aromatic heterocycles. The van der Waals surface area contributed by atoms with E-state index in [1.807, 2.05) is 6.92 Å². The van der Waals surface area contributed by atoms with Crippen molar-refractivity contribution < 1.29 is 14.3 Å². The van der Waals surface area contributed by atoms with E-state index in [-0.39, 0.29) is 17.8 Å². The monoisotopic (exact) mass is 255 g/mol. The van der Waals surface area contributed by atoms with Gasteiger partial charge in [0.1, 0.15) is 0 Å². The predicted octanol–water partition coefficient (Wildman–Crippen LogP) is 2.41. The molecule has 18 heavy (non-hydrogen) atoms. The Bertz CT molecular complexity index is 278. The highest BCUT2D eigenvalue weighted by molar-refractivity contribution is 5.76. The molecule has 0 saturated carbocycles. The van der Waals surface area contributed by atoms with Crippen LogP contribution in [0.4, 0.5) is 0 Å². The Balaban J connectivity index is 2.13. The van der Waals surface area contributed by atoms with Crippen LogP contribution in [0.1, 0.15) is 58.3 Å². The number of ether oxygens (including phenoxy) is 1. The fraction of sp³-hybridized carbons (Fsp3) is 0.857. The molecule has 0 aromatic carbocycles. The van der Waals surface area contributed by atoms with Crippen molar-refractivity contribution in [1.29, 1.82) is 0 Å². The zero-order valence-corrected chi connectivity index (χ0v) is 11.5. The maximum absolute atomic E-state index is 11.4. The molecule has 1 heterocycles. The number of carbonyl (C=O) groups is 2. The van der Waals surface area contributed by atoms with E-state index in [1.165, 1.54) is 7.11 Å². The van der Waals surface area contributed by atoms with Crippen molar-refractivity contribution in [1.82, 2.24) is 5.32 Å². The number of amides is 1. The van der Waals surface area contributed by atoms with Gasteiger partial charge >= 0.3 is 5.97 Å². The molecule has 1 amide bonds. The molecular weight excluding hydrogens is 230 g/mol. The lowest BCUT2D eigenvalue weighted by atomic mass is 9.99. The summed E-state index contributed by atoms with van der Waals surface area (Å²) in [4.78, 5) is 22.6. The summed E-state index contributed by atoms with van der Waals surface area (Å²) >= 11 is 0. The molecule has 1 aliphatic rings. The van der Waals surface area contributed by atoms with Crippen LogP contribution in [0.2, 0.25) is 0 Å². The van der Waals surface area contributed by atoms with E-state index in [2.05, 4.69) is 5.32 Å². The van der Waals surface area contributed by atoms with Gasteiger partial charge in [0.2, 0.25) is 5.91 Å². The Kier molecular flexibility index (Phi) is 6.76. The van der Waals surface area contributed by atoms with E-state index in [1.54, 1.807) is 0 Å². The van der Waals surface area contributed by atoms with Crippen LogP contribution in [0.15, 0.2) is 0 Å². The molecule has 104 valence electrons. The molecule has 0 unspecified atom stereocenters. The van der Waals surface area contributed by atoms with Crippen LogP contribution < -0.4 is 5.32 Å². The lowest BCUT2D eigenvalue weighted by Gasteiger charge is -2.16. The highest BCUT2D eigenvalue weighted by Crippen LogP contribution is 2.16. The van der Waals surface area contributed by atoms with Gasteiger partial charge in [-0.1, -0.05) is 26.2 Å². The Hall–Kier alpha value is -1.06. The maximum Gasteiger partial charge on any atom is 0.308 e. The number of nitrogens with one attached hydrogen (secondary N) is 1. The quantitative estimate of drug-likeness (QED) is 0.586. The predicted molar refractivity (Wildman–Crippen MR) is 70.0 cm³/mol. The fourth-order valence-corrected chi connectivity index (χ4v) is 2.43. The number of unbranched alkanes of at least 4 members (excludes halogenated alkanes) is 1. The van der Waals surface area contributed by atoms with Gasteiger partial charge in [-0.2, -0.15) is 0 Å². The summed E-state index contributed by atoms with van der Waals surface area (Å²) in [6, 6.07) is 0.341. The number of carbonyl (C=O) groups excluding carboxylic acids is 2. The summed E-state index contributed by atoms with van der Waals surface area (Å²) in [5.74, 6) is 0.0527. The lowest BCUT2D eigenvalue weighted by molar-refractivity contribution is -0.145. The summed E-state index contributed by atoms with van der Waals surface area (Å²) in [7, 11) is 1.43. The lowest BCUT2D eigenvalue weighted by Crippen LogP contribution is -2.32. The zero-order chi connectivity index (χ0) is 13.4. The molecule has 0 bridgehead atoms. The van der Waals surface area contributed by atoms with Crippen LogP contribution in [0.5, 0.6) is 0 Å². The third kappa shape index (κ3) is 5.52. The highest BCUT2D eigenvalue weighted by Gasteiger charge is 2.16. The highest BCUT2D eigenvalue weighted by atomic mass is 16.5. The minimum absolute atomic E-state index is 0.0151. The average Bonchev–Trinajstić information content (AvgIpc) is 2.57. The van der Waals surface area contributed by atoms with Crippen molar-refractivity contribution in [2.45, 2.75) is 64.3 Å². The Morgan fingerprint density at radius 1 is 1.44 bits per heavy atom. The molecule has 4 nitrogen and oxygen atoms in total. The van der Waals surface area contributed by atoms with Gasteiger partial charge in [0, 0.05) is 12.5 Å². The molecule has 1 fully saturated rings. The Morgan fingerprint density at radius 3 is 2.94 bits per heavy atom. The average molecular weight is 255 g/mol. The van der Waals surface area contributed by atoms with Gasteiger partial charge in [0.05, 0.1) is 13.0 Å². The molecule has 1 rings (SSSR count). The van der Waals surface area contributed by atoms with Crippen LogP contribution in [-0.4, -0.2) is 25.0 Å². The molecule has 4 heteroatoms. The second-order valence-corrected chi connectivity index (χ2v) is 5.22. The van der Waals surface area contributed by atoms with E-state index < -0.39 is 0 Å². The molecule has 0 aliphatic carbocycles. The van der Waals surface area contributed by atoms with Gasteiger partial charge in [-0.15, -0.1) is 0 Å². The van der Waals surface area contributed by atoms with Crippen molar-refractivity contribution in [3.8, 4) is 0 Å². The van der Waals surface area contributed by atoms with E-state index in [0.717, 1.165) is 44.9 Å². The third-order valence-electron chi connectivity index (χ3n) is 3.61. The fourth-order valence-electron chi connectivity index (χ4n) is 2.43.